The fourth-order valence-electron chi connectivity index (χ4n) is 3.97. The average molecular weight is 497 g/mol. The van der Waals surface area contributed by atoms with E-state index in [9.17, 15) is 13.2 Å². The zero-order valence-corrected chi connectivity index (χ0v) is 20.2. The number of halogens is 3. The molecule has 3 aromatic rings. The van der Waals surface area contributed by atoms with E-state index in [1.165, 1.54) is 22.0 Å². The van der Waals surface area contributed by atoms with E-state index >= 15 is 0 Å². The smallest absolute Gasteiger partial charge is 0.359 e. The summed E-state index contributed by atoms with van der Waals surface area (Å²) < 4.78 is 39.1. The highest BCUT2D eigenvalue weighted by atomic mass is 32.1. The first kappa shape index (κ1) is 24.2. The molecular weight excluding hydrogens is 472 g/mol. The maximum Gasteiger partial charge on any atom is 0.416 e. The number of allylic oxidation sites excluding steroid dienone is 2. The van der Waals surface area contributed by atoms with Gasteiger partial charge < -0.3 is 10.6 Å². The lowest BCUT2D eigenvalue weighted by Crippen LogP contribution is -2.40. The Labute approximate surface area is 204 Å². The van der Waals surface area contributed by atoms with E-state index in [0.717, 1.165) is 12.1 Å². The molecule has 174 valence electrons. The molecule has 2 N–H and O–H groups in total. The number of nitrogens with one attached hydrogen (secondary N) is 2. The van der Waals surface area contributed by atoms with Gasteiger partial charge in [0.05, 0.1) is 5.56 Å². The van der Waals surface area contributed by atoms with Gasteiger partial charge in [-0.05, 0) is 61.2 Å². The molecule has 2 nitrogen and oxygen atoms in total. The first-order valence-electron chi connectivity index (χ1n) is 10.9. The number of hydrogen-bond acceptors (Lipinski definition) is 1. The van der Waals surface area contributed by atoms with Crippen molar-refractivity contribution < 1.29 is 13.2 Å². The van der Waals surface area contributed by atoms with Crippen LogP contribution in [0.5, 0.6) is 0 Å². The van der Waals surface area contributed by atoms with Crippen LogP contribution in [0.1, 0.15) is 12.5 Å². The van der Waals surface area contributed by atoms with Crippen LogP contribution in [0, 0.1) is 5.92 Å². The third-order valence-corrected chi connectivity index (χ3v) is 8.37. The second-order valence-electron chi connectivity index (χ2n) is 7.97. The molecule has 0 radical (unpaired) electrons. The van der Waals surface area contributed by atoms with Crippen molar-refractivity contribution in [3.05, 3.63) is 114 Å². The topological polar surface area (TPSA) is 24.1 Å². The molecule has 0 saturated heterocycles. The van der Waals surface area contributed by atoms with E-state index in [-0.39, 0.29) is 17.1 Å². The number of anilines is 1. The molecule has 7 heteroatoms. The lowest BCUT2D eigenvalue weighted by molar-refractivity contribution is -0.137. The normalized spacial score (nSPS) is 16.3. The van der Waals surface area contributed by atoms with Crippen LogP contribution >= 0.6 is 20.1 Å². The standard InChI is InChI=1S/C27H24F3N2PS/c1-19(31-26(34)32-21-11-8-10-20(18-21)27(28,29)30)24-16-9-17-25(24)33(22-12-4-2-5-13-22)23-14-6-3-7-15-23/h2-19,24H,1H3,(H2,31,32,34)/t19-,24+/m1/s1. The minimum Gasteiger partial charge on any atom is -0.359 e. The highest BCUT2D eigenvalue weighted by molar-refractivity contribution is 7.80. The van der Waals surface area contributed by atoms with Crippen molar-refractivity contribution in [2.75, 3.05) is 5.32 Å². The van der Waals surface area contributed by atoms with E-state index in [2.05, 4.69) is 77.4 Å². The van der Waals surface area contributed by atoms with Crippen LogP contribution in [-0.4, -0.2) is 11.2 Å². The van der Waals surface area contributed by atoms with Gasteiger partial charge in [-0.3, -0.25) is 0 Å². The molecule has 1 aliphatic carbocycles. The van der Waals surface area contributed by atoms with Gasteiger partial charge in [0.2, 0.25) is 0 Å². The predicted molar refractivity (Wildman–Crippen MR) is 140 cm³/mol. The second kappa shape index (κ2) is 10.5. The number of alkyl halides is 3. The molecule has 4 rings (SSSR count). The van der Waals surface area contributed by atoms with E-state index in [0.29, 0.717) is 5.69 Å². The molecule has 1 aliphatic rings. The lowest BCUT2D eigenvalue weighted by Gasteiger charge is -2.30. The maximum absolute atomic E-state index is 13.0. The zero-order valence-electron chi connectivity index (χ0n) is 18.5. The molecule has 3 aromatic carbocycles. The van der Waals surface area contributed by atoms with Crippen molar-refractivity contribution in [2.45, 2.75) is 19.1 Å². The van der Waals surface area contributed by atoms with E-state index in [1.807, 2.05) is 19.1 Å². The summed E-state index contributed by atoms with van der Waals surface area (Å²) in [6.07, 6.45) is 2.00. The average Bonchev–Trinajstić information content (AvgIpc) is 3.30. The van der Waals surface area contributed by atoms with E-state index in [4.69, 9.17) is 12.2 Å². The van der Waals surface area contributed by atoms with Crippen molar-refractivity contribution in [3.8, 4) is 0 Å². The van der Waals surface area contributed by atoms with Crippen LogP contribution in [0.3, 0.4) is 0 Å². The summed E-state index contributed by atoms with van der Waals surface area (Å²) in [6, 6.07) is 25.9. The van der Waals surface area contributed by atoms with Crippen LogP contribution in [0.4, 0.5) is 18.9 Å². The predicted octanol–water partition coefficient (Wildman–Crippen LogP) is 6.58. The SMILES string of the molecule is C[C@@H](NC(=S)Nc1cccc(C(F)(F)F)c1)[C@@H]1C=CC=C1P(c1ccccc1)c1ccccc1. The van der Waals surface area contributed by atoms with Crippen LogP contribution in [0.25, 0.3) is 0 Å². The summed E-state index contributed by atoms with van der Waals surface area (Å²) in [5.74, 6) is 0.0905. The largest absolute Gasteiger partial charge is 0.416 e. The van der Waals surface area contributed by atoms with Gasteiger partial charge in [-0.25, -0.2) is 0 Å². The van der Waals surface area contributed by atoms with E-state index in [1.54, 1.807) is 6.07 Å². The molecular formula is C27H24F3N2PS. The second-order valence-corrected chi connectivity index (χ2v) is 10.6. The minimum atomic E-state index is -4.40. The van der Waals surface area contributed by atoms with Gasteiger partial charge >= 0.3 is 6.18 Å². The van der Waals surface area contributed by atoms with Crippen LogP contribution < -0.4 is 21.2 Å². The Morgan fingerprint density at radius 1 is 0.912 bits per heavy atom. The summed E-state index contributed by atoms with van der Waals surface area (Å²) >= 11 is 5.43. The fraction of sp³-hybridized carbons (Fsp3) is 0.148. The molecule has 0 heterocycles. The minimum absolute atomic E-state index is 0.0618. The summed E-state index contributed by atoms with van der Waals surface area (Å²) in [7, 11) is -0.744. The summed E-state index contributed by atoms with van der Waals surface area (Å²) in [4.78, 5) is 0. The number of benzene rings is 3. The first-order chi connectivity index (χ1) is 16.3. The lowest BCUT2D eigenvalue weighted by atomic mass is 10.0. The summed E-state index contributed by atoms with van der Waals surface area (Å²) in [5.41, 5.74) is -0.415. The molecule has 0 spiro atoms. The summed E-state index contributed by atoms with van der Waals surface area (Å²) in [5, 5.41) is 10.3. The Kier molecular flexibility index (Phi) is 7.50. The van der Waals surface area contributed by atoms with Crippen LogP contribution in [-0.2, 0) is 6.18 Å². The molecule has 0 saturated carbocycles. The quantitative estimate of drug-likeness (QED) is 0.298. The van der Waals surface area contributed by atoms with Crippen molar-refractivity contribution in [2.24, 2.45) is 5.92 Å². The highest BCUT2D eigenvalue weighted by Gasteiger charge is 2.31. The first-order valence-corrected chi connectivity index (χ1v) is 12.6. The fourth-order valence-corrected chi connectivity index (χ4v) is 6.95. The van der Waals surface area contributed by atoms with Gasteiger partial charge in [0.25, 0.3) is 0 Å². The van der Waals surface area contributed by atoms with Gasteiger partial charge in [0.15, 0.2) is 5.11 Å². The van der Waals surface area contributed by atoms with Crippen molar-refractivity contribution >= 4 is 41.5 Å². The molecule has 0 unspecified atom stereocenters. The monoisotopic (exact) mass is 496 g/mol. The molecule has 0 fully saturated rings. The number of hydrogen-bond donors (Lipinski definition) is 2. The van der Waals surface area contributed by atoms with Gasteiger partial charge in [-0.15, -0.1) is 0 Å². The van der Waals surface area contributed by atoms with Gasteiger partial charge in [0, 0.05) is 17.6 Å². The summed E-state index contributed by atoms with van der Waals surface area (Å²) in [6.45, 7) is 2.04. The Morgan fingerprint density at radius 2 is 1.53 bits per heavy atom. The molecule has 34 heavy (non-hydrogen) atoms. The highest BCUT2D eigenvalue weighted by Crippen LogP contribution is 2.49. The van der Waals surface area contributed by atoms with Gasteiger partial charge in [0.1, 0.15) is 0 Å². The number of rotatable bonds is 6. The van der Waals surface area contributed by atoms with Gasteiger partial charge in [-0.1, -0.05) is 85.0 Å². The van der Waals surface area contributed by atoms with Crippen molar-refractivity contribution in [1.29, 1.82) is 0 Å². The van der Waals surface area contributed by atoms with Crippen LogP contribution in [0.2, 0.25) is 0 Å². The molecule has 0 aliphatic heterocycles. The maximum atomic E-state index is 13.0. The molecule has 2 atom stereocenters. The third kappa shape index (κ3) is 5.75. The van der Waals surface area contributed by atoms with Crippen molar-refractivity contribution in [3.63, 3.8) is 0 Å². The van der Waals surface area contributed by atoms with E-state index < -0.39 is 19.7 Å². The Bertz CT molecular complexity index is 1150. The molecule has 0 bridgehead atoms. The number of thiocarbonyl (C=S) groups is 1. The van der Waals surface area contributed by atoms with Crippen molar-refractivity contribution in [1.82, 2.24) is 5.32 Å². The molecule has 0 amide bonds. The Morgan fingerprint density at radius 3 is 2.12 bits per heavy atom. The van der Waals surface area contributed by atoms with Crippen LogP contribution in [0.15, 0.2) is 108 Å². The third-order valence-electron chi connectivity index (χ3n) is 5.56. The molecule has 0 aromatic heterocycles. The Hall–Kier alpha value is -2.95. The zero-order chi connectivity index (χ0) is 24.1. The van der Waals surface area contributed by atoms with Gasteiger partial charge in [-0.2, -0.15) is 13.2 Å². The Balaban J connectivity index is 1.51.